The minimum Gasteiger partial charge on any atom is -0.495 e. The van der Waals surface area contributed by atoms with Gasteiger partial charge in [-0.3, -0.25) is 0 Å². The van der Waals surface area contributed by atoms with Crippen molar-refractivity contribution in [2.45, 2.75) is 13.2 Å². The van der Waals surface area contributed by atoms with E-state index >= 15 is 0 Å². The smallest absolute Gasteiger partial charge is 0.158 e. The molecule has 2 aromatic carbocycles. The number of hydrogen-bond acceptors (Lipinski definition) is 4. The van der Waals surface area contributed by atoms with Gasteiger partial charge in [0, 0.05) is 24.5 Å². The van der Waals surface area contributed by atoms with Crippen LogP contribution in [0.3, 0.4) is 0 Å². The largest absolute Gasteiger partial charge is 0.495 e. The lowest BCUT2D eigenvalue weighted by Gasteiger charge is -2.26. The summed E-state index contributed by atoms with van der Waals surface area (Å²) < 4.78 is 19.5. The second kappa shape index (κ2) is 7.76. The van der Waals surface area contributed by atoms with Gasteiger partial charge in [0.05, 0.1) is 31.7 Å². The first-order valence-corrected chi connectivity index (χ1v) is 9.23. The van der Waals surface area contributed by atoms with Crippen LogP contribution in [0.2, 0.25) is 0 Å². The van der Waals surface area contributed by atoms with E-state index in [9.17, 15) is 0 Å². The molecule has 27 heavy (non-hydrogen) atoms. The molecule has 0 radical (unpaired) electrons. The number of ether oxygens (including phenoxy) is 3. The van der Waals surface area contributed by atoms with Crippen molar-refractivity contribution in [2.75, 3.05) is 31.8 Å². The molecule has 2 heterocycles. The molecule has 0 N–H and O–H groups in total. The fourth-order valence-electron chi connectivity index (χ4n) is 3.52. The molecule has 1 aromatic heterocycles. The van der Waals surface area contributed by atoms with Gasteiger partial charge in [0.1, 0.15) is 11.5 Å². The number of rotatable bonds is 6. The predicted molar refractivity (Wildman–Crippen MR) is 106 cm³/mol. The van der Waals surface area contributed by atoms with E-state index in [1.54, 1.807) is 7.11 Å². The maximum atomic E-state index is 6.06. The Morgan fingerprint density at radius 3 is 2.52 bits per heavy atom. The lowest BCUT2D eigenvalue weighted by molar-refractivity contribution is 0.113. The van der Waals surface area contributed by atoms with Gasteiger partial charge in [-0.25, -0.2) is 0 Å². The Morgan fingerprint density at radius 1 is 1.00 bits per heavy atom. The molecule has 0 amide bonds. The van der Waals surface area contributed by atoms with E-state index in [1.807, 2.05) is 43.3 Å². The number of aromatic nitrogens is 1. The Labute approximate surface area is 159 Å². The molecular weight excluding hydrogens is 340 g/mol. The first kappa shape index (κ1) is 17.5. The number of methoxy groups -OCH3 is 1. The van der Waals surface area contributed by atoms with Crippen LogP contribution in [0.1, 0.15) is 18.7 Å². The Bertz CT molecular complexity index is 906. The minimum absolute atomic E-state index is 0.137. The topological polar surface area (TPSA) is 35.9 Å². The highest BCUT2D eigenvalue weighted by Crippen LogP contribution is 2.38. The molecule has 0 aliphatic carbocycles. The molecule has 0 unspecified atom stereocenters. The zero-order valence-corrected chi connectivity index (χ0v) is 15.7. The highest BCUT2D eigenvalue weighted by atomic mass is 16.5. The Hall–Kier alpha value is -2.92. The van der Waals surface area contributed by atoms with Gasteiger partial charge < -0.3 is 23.7 Å². The number of nitrogens with zero attached hydrogens (tertiary/aromatic N) is 2. The summed E-state index contributed by atoms with van der Waals surface area (Å²) in [6, 6.07) is 18.2. The third-order valence-electron chi connectivity index (χ3n) is 4.73. The summed E-state index contributed by atoms with van der Waals surface area (Å²) in [6.45, 7) is 4.14. The first-order valence-electron chi connectivity index (χ1n) is 9.23. The SMILES string of the molecule is CCOc1ccccc1-n1ccc([C@H]2OCCN2c2ccccc2OC)c1. The van der Waals surface area contributed by atoms with E-state index < -0.39 is 0 Å². The van der Waals surface area contributed by atoms with Crippen LogP contribution < -0.4 is 14.4 Å². The van der Waals surface area contributed by atoms with E-state index in [4.69, 9.17) is 14.2 Å². The van der Waals surface area contributed by atoms with Gasteiger partial charge in [-0.05, 0) is 37.3 Å². The third kappa shape index (κ3) is 3.38. The maximum Gasteiger partial charge on any atom is 0.158 e. The van der Waals surface area contributed by atoms with Gasteiger partial charge in [-0.15, -0.1) is 0 Å². The van der Waals surface area contributed by atoms with Crippen LogP contribution in [0.4, 0.5) is 5.69 Å². The molecule has 5 nitrogen and oxygen atoms in total. The van der Waals surface area contributed by atoms with Gasteiger partial charge in [0.15, 0.2) is 6.23 Å². The van der Waals surface area contributed by atoms with Crippen molar-refractivity contribution in [3.63, 3.8) is 0 Å². The molecule has 1 fully saturated rings. The normalized spacial score (nSPS) is 16.5. The van der Waals surface area contributed by atoms with Crippen LogP contribution in [-0.4, -0.2) is 31.4 Å². The van der Waals surface area contributed by atoms with Gasteiger partial charge in [-0.2, -0.15) is 0 Å². The fourth-order valence-corrected chi connectivity index (χ4v) is 3.52. The molecule has 5 heteroatoms. The molecule has 140 valence electrons. The van der Waals surface area contributed by atoms with Crippen LogP contribution in [-0.2, 0) is 4.74 Å². The van der Waals surface area contributed by atoms with Crippen molar-refractivity contribution in [2.24, 2.45) is 0 Å². The summed E-state index contributed by atoms with van der Waals surface area (Å²) in [7, 11) is 1.70. The predicted octanol–water partition coefficient (Wildman–Crippen LogP) is 4.42. The molecule has 0 spiro atoms. The van der Waals surface area contributed by atoms with Crippen molar-refractivity contribution in [1.82, 2.24) is 4.57 Å². The summed E-state index contributed by atoms with van der Waals surface area (Å²) in [6.07, 6.45) is 4.02. The summed E-state index contributed by atoms with van der Waals surface area (Å²) >= 11 is 0. The van der Waals surface area contributed by atoms with E-state index in [1.165, 1.54) is 0 Å². The first-order chi connectivity index (χ1) is 13.3. The lowest BCUT2D eigenvalue weighted by Crippen LogP contribution is -2.23. The number of benzene rings is 2. The molecule has 1 atom stereocenters. The standard InChI is InChI=1S/C22H24N2O3/c1-3-26-21-11-7-4-8-18(21)23-13-12-17(16-23)22-24(14-15-27-22)19-9-5-6-10-20(19)25-2/h4-13,16,22H,3,14-15H2,1-2H3/t22-/m1/s1. The summed E-state index contributed by atoms with van der Waals surface area (Å²) in [5, 5.41) is 0. The van der Waals surface area contributed by atoms with Crippen molar-refractivity contribution in [1.29, 1.82) is 0 Å². The van der Waals surface area contributed by atoms with Crippen LogP contribution in [0.5, 0.6) is 11.5 Å². The van der Waals surface area contributed by atoms with Gasteiger partial charge >= 0.3 is 0 Å². The Kier molecular flexibility index (Phi) is 5.03. The van der Waals surface area contributed by atoms with E-state index in [2.05, 4.69) is 40.1 Å². The number of anilines is 1. The molecule has 1 saturated heterocycles. The minimum atomic E-state index is -0.137. The second-order valence-electron chi connectivity index (χ2n) is 6.34. The van der Waals surface area contributed by atoms with Crippen molar-refractivity contribution in [3.05, 3.63) is 72.6 Å². The summed E-state index contributed by atoms with van der Waals surface area (Å²) in [5.74, 6) is 1.73. The summed E-state index contributed by atoms with van der Waals surface area (Å²) in [5.41, 5.74) is 3.17. The highest BCUT2D eigenvalue weighted by Gasteiger charge is 2.29. The highest BCUT2D eigenvalue weighted by molar-refractivity contribution is 5.60. The average Bonchev–Trinajstić information content (AvgIpc) is 3.38. The molecule has 1 aliphatic rings. The Morgan fingerprint density at radius 2 is 1.74 bits per heavy atom. The molecule has 0 saturated carbocycles. The summed E-state index contributed by atoms with van der Waals surface area (Å²) in [4.78, 5) is 2.24. The molecule has 1 aliphatic heterocycles. The van der Waals surface area contributed by atoms with Gasteiger partial charge in [0.2, 0.25) is 0 Å². The van der Waals surface area contributed by atoms with Crippen LogP contribution >= 0.6 is 0 Å². The van der Waals surface area contributed by atoms with Gasteiger partial charge in [-0.1, -0.05) is 24.3 Å². The van der Waals surface area contributed by atoms with Crippen LogP contribution in [0.25, 0.3) is 5.69 Å². The van der Waals surface area contributed by atoms with Crippen molar-refractivity contribution < 1.29 is 14.2 Å². The monoisotopic (exact) mass is 364 g/mol. The van der Waals surface area contributed by atoms with Crippen LogP contribution in [0, 0.1) is 0 Å². The molecule has 0 bridgehead atoms. The maximum absolute atomic E-state index is 6.06. The van der Waals surface area contributed by atoms with E-state index in [0.717, 1.165) is 35.0 Å². The van der Waals surface area contributed by atoms with Gasteiger partial charge in [0.25, 0.3) is 0 Å². The fraction of sp³-hybridized carbons (Fsp3) is 0.273. The zero-order chi connectivity index (χ0) is 18.6. The second-order valence-corrected chi connectivity index (χ2v) is 6.34. The van der Waals surface area contributed by atoms with Crippen LogP contribution in [0.15, 0.2) is 67.0 Å². The zero-order valence-electron chi connectivity index (χ0n) is 15.7. The van der Waals surface area contributed by atoms with E-state index in [0.29, 0.717) is 13.2 Å². The quantitative estimate of drug-likeness (QED) is 0.649. The Balaban J connectivity index is 1.65. The number of para-hydroxylation sites is 4. The third-order valence-corrected chi connectivity index (χ3v) is 4.73. The lowest BCUT2D eigenvalue weighted by atomic mass is 10.2. The van der Waals surface area contributed by atoms with E-state index in [-0.39, 0.29) is 6.23 Å². The molecular formula is C22H24N2O3. The van der Waals surface area contributed by atoms with Crippen molar-refractivity contribution >= 4 is 5.69 Å². The molecule has 3 aromatic rings. The molecule has 4 rings (SSSR count). The average molecular weight is 364 g/mol. The number of hydrogen-bond donors (Lipinski definition) is 0. The van der Waals surface area contributed by atoms with Crippen molar-refractivity contribution in [3.8, 4) is 17.2 Å².